The molecular weight excluding hydrogens is 428 g/mol. The molecule has 0 saturated carbocycles. The summed E-state index contributed by atoms with van der Waals surface area (Å²) in [6, 6.07) is 8.30. The van der Waals surface area contributed by atoms with Crippen LogP contribution in [0.4, 0.5) is 17.6 Å². The van der Waals surface area contributed by atoms with Crippen LogP contribution < -0.4 is 14.8 Å². The Balaban J connectivity index is 1.56. The molecule has 1 amide bonds. The van der Waals surface area contributed by atoms with Gasteiger partial charge in [-0.05, 0) is 29.8 Å². The maximum absolute atomic E-state index is 13.3. The Morgan fingerprint density at radius 1 is 1.09 bits per heavy atom. The average molecular weight is 448 g/mol. The molecule has 0 bridgehead atoms. The first-order chi connectivity index (χ1) is 15.4. The van der Waals surface area contributed by atoms with E-state index in [1.165, 1.54) is 7.11 Å². The van der Waals surface area contributed by atoms with E-state index in [0.717, 1.165) is 29.3 Å². The summed E-state index contributed by atoms with van der Waals surface area (Å²) in [6.07, 6.45) is -3.56. The van der Waals surface area contributed by atoms with Crippen LogP contribution in [0.1, 0.15) is 47.4 Å². The molecule has 2 aliphatic heterocycles. The van der Waals surface area contributed by atoms with Gasteiger partial charge in [0.15, 0.2) is 0 Å². The minimum atomic E-state index is -2.96. The van der Waals surface area contributed by atoms with Crippen molar-refractivity contribution in [2.45, 2.75) is 31.8 Å². The first-order valence-electron chi connectivity index (χ1n) is 9.92. The molecule has 9 heteroatoms. The third-order valence-electron chi connectivity index (χ3n) is 5.47. The topological polar surface area (TPSA) is 59.9 Å². The Hall–Kier alpha value is -3.36. The average Bonchev–Trinajstić information content (AvgIpc) is 3.25. The number of halogens is 4. The van der Waals surface area contributed by atoms with Gasteiger partial charge < -0.3 is 14.8 Å². The van der Waals surface area contributed by atoms with Gasteiger partial charge >= 0.3 is 0 Å². The zero-order valence-electron chi connectivity index (χ0n) is 17.1. The quantitative estimate of drug-likeness (QED) is 0.601. The molecule has 2 aromatic rings. The SMILES string of the molecule is COc1cc(C2CC(=O)NC3=NCC=C32)ccc1COc1ccc(C(F)F)cc1C(F)F. The molecule has 1 N–H and O–H groups in total. The molecule has 32 heavy (non-hydrogen) atoms. The Morgan fingerprint density at radius 2 is 1.91 bits per heavy atom. The van der Waals surface area contributed by atoms with E-state index < -0.39 is 24.0 Å². The van der Waals surface area contributed by atoms with Gasteiger partial charge in [0.2, 0.25) is 5.91 Å². The van der Waals surface area contributed by atoms with Crippen molar-refractivity contribution in [1.29, 1.82) is 0 Å². The molecule has 0 aliphatic carbocycles. The van der Waals surface area contributed by atoms with Crippen LogP contribution in [0.2, 0.25) is 0 Å². The van der Waals surface area contributed by atoms with Gasteiger partial charge in [-0.3, -0.25) is 9.79 Å². The van der Waals surface area contributed by atoms with Gasteiger partial charge in [-0.1, -0.05) is 18.2 Å². The zero-order chi connectivity index (χ0) is 22.8. The van der Waals surface area contributed by atoms with Gasteiger partial charge in [-0.2, -0.15) is 0 Å². The summed E-state index contributed by atoms with van der Waals surface area (Å²) in [5.74, 6) is 0.598. The van der Waals surface area contributed by atoms with E-state index in [1.54, 1.807) is 12.1 Å². The molecule has 2 aromatic carbocycles. The number of piperidine rings is 1. The third kappa shape index (κ3) is 4.32. The molecule has 5 nitrogen and oxygen atoms in total. The highest BCUT2D eigenvalue weighted by Crippen LogP contribution is 2.37. The van der Waals surface area contributed by atoms with Crippen LogP contribution in [-0.2, 0) is 11.4 Å². The van der Waals surface area contributed by atoms with E-state index >= 15 is 0 Å². The van der Waals surface area contributed by atoms with Crippen molar-refractivity contribution in [3.8, 4) is 11.5 Å². The van der Waals surface area contributed by atoms with Crippen molar-refractivity contribution in [1.82, 2.24) is 5.32 Å². The fourth-order valence-corrected chi connectivity index (χ4v) is 3.88. The van der Waals surface area contributed by atoms with Crippen molar-refractivity contribution >= 4 is 11.7 Å². The van der Waals surface area contributed by atoms with E-state index in [9.17, 15) is 22.4 Å². The second-order valence-electron chi connectivity index (χ2n) is 7.41. The molecule has 0 radical (unpaired) electrons. The van der Waals surface area contributed by atoms with Crippen molar-refractivity contribution in [2.75, 3.05) is 13.7 Å². The summed E-state index contributed by atoms with van der Waals surface area (Å²) in [5, 5.41) is 2.77. The van der Waals surface area contributed by atoms with Crippen LogP contribution in [0.5, 0.6) is 11.5 Å². The van der Waals surface area contributed by atoms with E-state index in [0.29, 0.717) is 23.7 Å². The van der Waals surface area contributed by atoms with Gasteiger partial charge in [0, 0.05) is 29.0 Å². The standard InChI is InChI=1S/C23H20F4N2O3/c1-31-19-9-12(16-10-20(30)29-23-15(16)6-7-28-23)2-3-14(19)11-32-18-5-4-13(21(24)25)8-17(18)22(26)27/h2-6,8-9,16,21-22H,7,10-11H2,1H3,(H,28,29,30). The number of carbonyl (C=O) groups excluding carboxylic acids is 1. The van der Waals surface area contributed by atoms with Crippen molar-refractivity contribution < 1.29 is 31.8 Å². The summed E-state index contributed by atoms with van der Waals surface area (Å²) < 4.78 is 63.4. The van der Waals surface area contributed by atoms with Gasteiger partial charge in [-0.25, -0.2) is 17.6 Å². The lowest BCUT2D eigenvalue weighted by molar-refractivity contribution is -0.120. The predicted octanol–water partition coefficient (Wildman–Crippen LogP) is 5.09. The lowest BCUT2D eigenvalue weighted by atomic mass is 9.84. The summed E-state index contributed by atoms with van der Waals surface area (Å²) in [5.41, 5.74) is 1.32. The number of benzene rings is 2. The summed E-state index contributed by atoms with van der Waals surface area (Å²) >= 11 is 0. The fraction of sp³-hybridized carbons (Fsp3) is 0.304. The molecule has 1 fully saturated rings. The maximum atomic E-state index is 13.3. The Bertz CT molecular complexity index is 1100. The van der Waals surface area contributed by atoms with Crippen molar-refractivity contribution in [3.63, 3.8) is 0 Å². The largest absolute Gasteiger partial charge is 0.496 e. The van der Waals surface area contributed by atoms with Crippen LogP contribution in [0.3, 0.4) is 0 Å². The number of hydrogen-bond acceptors (Lipinski definition) is 4. The number of alkyl halides is 4. The number of ether oxygens (including phenoxy) is 2. The Labute approximate surface area is 181 Å². The second kappa shape index (κ2) is 9.02. The van der Waals surface area contributed by atoms with E-state index in [-0.39, 0.29) is 30.6 Å². The van der Waals surface area contributed by atoms with E-state index in [4.69, 9.17) is 9.47 Å². The van der Waals surface area contributed by atoms with E-state index in [2.05, 4.69) is 10.3 Å². The number of nitrogens with zero attached hydrogens (tertiary/aromatic N) is 1. The molecule has 0 aromatic heterocycles. The first-order valence-corrected chi connectivity index (χ1v) is 9.92. The van der Waals surface area contributed by atoms with Crippen LogP contribution >= 0.6 is 0 Å². The number of rotatable bonds is 7. The number of nitrogens with one attached hydrogen (secondary N) is 1. The number of aliphatic imine (C=N–C) groups is 1. The fourth-order valence-electron chi connectivity index (χ4n) is 3.88. The van der Waals surface area contributed by atoms with Crippen molar-refractivity contribution in [2.24, 2.45) is 4.99 Å². The number of hydrogen-bond donors (Lipinski definition) is 1. The number of methoxy groups -OCH3 is 1. The monoisotopic (exact) mass is 448 g/mol. The molecular formula is C23H20F4N2O3. The van der Waals surface area contributed by atoms with Gasteiger partial charge in [0.05, 0.1) is 19.2 Å². The maximum Gasteiger partial charge on any atom is 0.267 e. The van der Waals surface area contributed by atoms with Gasteiger partial charge in [-0.15, -0.1) is 0 Å². The Morgan fingerprint density at radius 3 is 2.62 bits per heavy atom. The molecule has 1 unspecified atom stereocenters. The number of carbonyl (C=O) groups is 1. The summed E-state index contributed by atoms with van der Waals surface area (Å²) in [6.45, 7) is 0.416. The lowest BCUT2D eigenvalue weighted by Crippen LogP contribution is -2.38. The predicted molar refractivity (Wildman–Crippen MR) is 110 cm³/mol. The number of amides is 1. The van der Waals surface area contributed by atoms with Crippen LogP contribution in [0, 0.1) is 0 Å². The molecule has 0 spiro atoms. The van der Waals surface area contributed by atoms with Crippen molar-refractivity contribution in [3.05, 3.63) is 70.3 Å². The minimum absolute atomic E-state index is 0.0994. The second-order valence-corrected chi connectivity index (χ2v) is 7.41. The smallest absolute Gasteiger partial charge is 0.267 e. The molecule has 2 aliphatic rings. The highest BCUT2D eigenvalue weighted by molar-refractivity contribution is 6.12. The summed E-state index contributed by atoms with van der Waals surface area (Å²) in [7, 11) is 1.47. The van der Waals surface area contributed by atoms with Crippen LogP contribution in [0.25, 0.3) is 0 Å². The molecule has 168 valence electrons. The van der Waals surface area contributed by atoms with Crippen LogP contribution in [-0.4, -0.2) is 25.4 Å². The normalized spacial score (nSPS) is 17.7. The Kier molecular flexibility index (Phi) is 6.16. The third-order valence-corrected chi connectivity index (χ3v) is 5.47. The molecule has 1 atom stereocenters. The van der Waals surface area contributed by atoms with Gasteiger partial charge in [0.1, 0.15) is 23.9 Å². The molecule has 4 rings (SSSR count). The molecule has 1 saturated heterocycles. The molecule has 2 heterocycles. The number of fused-ring (bicyclic) bond motifs is 1. The van der Waals surface area contributed by atoms with Crippen LogP contribution in [0.15, 0.2) is 53.0 Å². The lowest BCUT2D eigenvalue weighted by Gasteiger charge is -2.26. The highest BCUT2D eigenvalue weighted by atomic mass is 19.3. The first kappa shape index (κ1) is 21.9. The van der Waals surface area contributed by atoms with E-state index in [1.807, 2.05) is 12.1 Å². The number of amidine groups is 1. The zero-order valence-corrected chi connectivity index (χ0v) is 17.1. The highest BCUT2D eigenvalue weighted by Gasteiger charge is 2.32. The summed E-state index contributed by atoms with van der Waals surface area (Å²) in [4.78, 5) is 16.3. The minimum Gasteiger partial charge on any atom is -0.496 e. The van der Waals surface area contributed by atoms with Gasteiger partial charge in [0.25, 0.3) is 12.9 Å².